The minimum Gasteiger partial charge on any atom is -0.476 e. The van der Waals surface area contributed by atoms with Gasteiger partial charge in [-0.3, -0.25) is 0 Å². The Morgan fingerprint density at radius 2 is 2.04 bits per heavy atom. The van der Waals surface area contributed by atoms with Crippen molar-refractivity contribution in [2.75, 3.05) is 18.8 Å². The Labute approximate surface area is 134 Å². The molecule has 3 fully saturated rings. The maximum Gasteiger partial charge on any atom is 0.358 e. The number of hydrogen-bond donors (Lipinski definition) is 1. The number of carbonyl (C=O) groups is 1. The fourth-order valence-electron chi connectivity index (χ4n) is 3.70. The van der Waals surface area contributed by atoms with Crippen molar-refractivity contribution in [1.82, 2.24) is 19.3 Å². The predicted octanol–water partition coefficient (Wildman–Crippen LogP) is 0.743. The Morgan fingerprint density at radius 1 is 1.35 bits per heavy atom. The maximum atomic E-state index is 12.5. The van der Waals surface area contributed by atoms with Crippen molar-refractivity contribution in [2.45, 2.75) is 38.1 Å². The van der Waals surface area contributed by atoms with Gasteiger partial charge >= 0.3 is 5.97 Å². The third kappa shape index (κ3) is 2.76. The number of piperidine rings is 1. The van der Waals surface area contributed by atoms with Gasteiger partial charge in [0, 0.05) is 13.1 Å². The van der Waals surface area contributed by atoms with E-state index in [1.165, 1.54) is 23.8 Å². The third-order valence-corrected chi connectivity index (χ3v) is 7.51. The Balaban J connectivity index is 1.35. The molecule has 1 atom stereocenters. The fraction of sp³-hybridized carbons (Fsp3) is 0.786. The summed E-state index contributed by atoms with van der Waals surface area (Å²) in [5, 5.41) is 16.8. The average Bonchev–Trinajstić information content (AvgIpc) is 3.36. The van der Waals surface area contributed by atoms with Crippen LogP contribution in [-0.2, 0) is 10.0 Å². The quantitative estimate of drug-likeness (QED) is 0.847. The van der Waals surface area contributed by atoms with E-state index in [2.05, 4.69) is 10.2 Å². The molecule has 1 N–H and O–H groups in total. The minimum atomic E-state index is -3.18. The van der Waals surface area contributed by atoms with Crippen LogP contribution in [-0.4, -0.2) is 57.6 Å². The third-order valence-electron chi connectivity index (χ3n) is 5.53. The number of aromatic carboxylic acids is 1. The highest BCUT2D eigenvalue weighted by atomic mass is 32.2. The minimum absolute atomic E-state index is 0.0368. The van der Waals surface area contributed by atoms with Gasteiger partial charge < -0.3 is 5.11 Å². The van der Waals surface area contributed by atoms with Gasteiger partial charge in [0.1, 0.15) is 0 Å². The van der Waals surface area contributed by atoms with Crippen LogP contribution >= 0.6 is 0 Å². The summed E-state index contributed by atoms with van der Waals surface area (Å²) in [6, 6.07) is -0.0368. The Hall–Kier alpha value is -1.48. The molecule has 0 amide bonds. The Kier molecular flexibility index (Phi) is 3.28. The summed E-state index contributed by atoms with van der Waals surface area (Å²) >= 11 is 0. The molecule has 1 aliphatic heterocycles. The molecular formula is C14H20N4O4S. The van der Waals surface area contributed by atoms with Gasteiger partial charge in [0.05, 0.1) is 18.0 Å². The van der Waals surface area contributed by atoms with E-state index in [0.717, 1.165) is 6.42 Å². The smallest absolute Gasteiger partial charge is 0.358 e. The summed E-state index contributed by atoms with van der Waals surface area (Å²) in [4.78, 5) is 12.3. The molecule has 23 heavy (non-hydrogen) atoms. The fourth-order valence-corrected chi connectivity index (χ4v) is 5.66. The summed E-state index contributed by atoms with van der Waals surface area (Å²) in [5.41, 5.74) is 0.320. The van der Waals surface area contributed by atoms with Crippen molar-refractivity contribution in [2.24, 2.45) is 11.3 Å². The van der Waals surface area contributed by atoms with Gasteiger partial charge in [-0.25, -0.2) is 17.5 Å². The lowest BCUT2D eigenvalue weighted by Gasteiger charge is -2.30. The van der Waals surface area contributed by atoms with E-state index < -0.39 is 16.0 Å². The topological polar surface area (TPSA) is 105 Å². The van der Waals surface area contributed by atoms with Crippen molar-refractivity contribution in [3.8, 4) is 0 Å². The van der Waals surface area contributed by atoms with E-state index in [-0.39, 0.29) is 11.7 Å². The number of hydrogen-bond acceptors (Lipinski definition) is 5. The summed E-state index contributed by atoms with van der Waals surface area (Å²) < 4.78 is 26.6. The molecule has 2 aliphatic carbocycles. The van der Waals surface area contributed by atoms with Crippen LogP contribution in [0.2, 0.25) is 0 Å². The summed E-state index contributed by atoms with van der Waals surface area (Å²) in [6.07, 6.45) is 5.94. The van der Waals surface area contributed by atoms with Crippen molar-refractivity contribution < 1.29 is 18.3 Å². The first-order valence-electron chi connectivity index (χ1n) is 8.03. The van der Waals surface area contributed by atoms with Gasteiger partial charge in [-0.15, -0.1) is 5.10 Å². The van der Waals surface area contributed by atoms with Gasteiger partial charge in [-0.1, -0.05) is 0 Å². The lowest BCUT2D eigenvalue weighted by molar-refractivity contribution is 0.0688. The lowest BCUT2D eigenvalue weighted by atomic mass is 10.1. The van der Waals surface area contributed by atoms with Crippen LogP contribution in [0, 0.1) is 11.3 Å². The monoisotopic (exact) mass is 340 g/mol. The number of aromatic nitrogens is 3. The van der Waals surface area contributed by atoms with Gasteiger partial charge in [0.25, 0.3) is 0 Å². The maximum absolute atomic E-state index is 12.5. The number of nitrogens with zero attached hydrogens (tertiary/aromatic N) is 4. The highest BCUT2D eigenvalue weighted by Crippen LogP contribution is 2.70. The molecule has 4 rings (SSSR count). The van der Waals surface area contributed by atoms with E-state index >= 15 is 0 Å². The summed E-state index contributed by atoms with van der Waals surface area (Å²) in [7, 11) is -3.18. The second kappa shape index (κ2) is 5.01. The average molecular weight is 340 g/mol. The molecule has 1 aromatic heterocycles. The predicted molar refractivity (Wildman–Crippen MR) is 80.4 cm³/mol. The number of carboxylic acids is 1. The highest BCUT2D eigenvalue weighted by Gasteiger charge is 2.63. The molecule has 2 saturated carbocycles. The molecule has 2 heterocycles. The normalized spacial score (nSPS) is 27.2. The molecule has 0 radical (unpaired) electrons. The van der Waals surface area contributed by atoms with Crippen molar-refractivity contribution in [1.29, 1.82) is 0 Å². The number of carboxylic acid groups (broad SMARTS) is 1. The van der Waals surface area contributed by atoms with Gasteiger partial charge in [0.2, 0.25) is 10.0 Å². The zero-order valence-electron chi connectivity index (χ0n) is 12.8. The van der Waals surface area contributed by atoms with Crippen LogP contribution in [0.25, 0.3) is 0 Å². The van der Waals surface area contributed by atoms with Crippen molar-refractivity contribution in [3.63, 3.8) is 0 Å². The molecule has 9 heteroatoms. The molecule has 1 aromatic rings. The van der Waals surface area contributed by atoms with Crippen LogP contribution in [0.4, 0.5) is 0 Å². The van der Waals surface area contributed by atoms with Crippen molar-refractivity contribution >= 4 is 16.0 Å². The van der Waals surface area contributed by atoms with Gasteiger partial charge in [-0.05, 0) is 43.4 Å². The first kappa shape index (κ1) is 15.1. The second-order valence-corrected chi connectivity index (χ2v) is 9.04. The van der Waals surface area contributed by atoms with Gasteiger partial charge in [0.15, 0.2) is 5.69 Å². The number of rotatable bonds is 5. The zero-order valence-corrected chi connectivity index (χ0v) is 13.6. The van der Waals surface area contributed by atoms with E-state index in [1.54, 1.807) is 4.31 Å². The summed E-state index contributed by atoms with van der Waals surface area (Å²) in [6.45, 7) is 0.910. The van der Waals surface area contributed by atoms with Gasteiger partial charge in [-0.2, -0.15) is 9.90 Å². The van der Waals surface area contributed by atoms with Crippen LogP contribution in [0.15, 0.2) is 6.20 Å². The lowest BCUT2D eigenvalue weighted by Crippen LogP contribution is -2.41. The van der Waals surface area contributed by atoms with E-state index in [1.807, 2.05) is 0 Å². The van der Waals surface area contributed by atoms with Crippen molar-refractivity contribution in [3.05, 3.63) is 11.9 Å². The number of sulfonamides is 1. The molecule has 8 nitrogen and oxygen atoms in total. The molecule has 0 aromatic carbocycles. The van der Waals surface area contributed by atoms with E-state index in [0.29, 0.717) is 43.0 Å². The largest absolute Gasteiger partial charge is 0.476 e. The standard InChI is InChI=1S/C14H20N4O4S/c19-13(20)12-8-15-18(16-12)11-1-5-17(6-2-11)23(21,22)9-10-7-14(10)3-4-14/h8,10-11H,1-7,9H2,(H,19,20). The Bertz CT molecular complexity index is 732. The second-order valence-electron chi connectivity index (χ2n) is 7.03. The van der Waals surface area contributed by atoms with Crippen LogP contribution in [0.3, 0.4) is 0 Å². The SMILES string of the molecule is O=C(O)c1cnn(C2CCN(S(=O)(=O)CC3CC34CC4)CC2)n1. The molecule has 3 aliphatic rings. The van der Waals surface area contributed by atoms with Crippen LogP contribution in [0.1, 0.15) is 48.6 Å². The van der Waals surface area contributed by atoms with Crippen LogP contribution < -0.4 is 0 Å². The first-order valence-corrected chi connectivity index (χ1v) is 9.63. The molecular weight excluding hydrogens is 320 g/mol. The van der Waals surface area contributed by atoms with E-state index in [9.17, 15) is 13.2 Å². The first-order chi connectivity index (χ1) is 10.9. The molecule has 126 valence electrons. The van der Waals surface area contributed by atoms with Crippen LogP contribution in [0.5, 0.6) is 0 Å². The molecule has 1 saturated heterocycles. The molecule has 1 unspecified atom stereocenters. The van der Waals surface area contributed by atoms with E-state index in [4.69, 9.17) is 5.11 Å². The molecule has 0 bridgehead atoms. The molecule has 1 spiro atoms. The zero-order chi connectivity index (χ0) is 16.2. The highest BCUT2D eigenvalue weighted by molar-refractivity contribution is 7.89. The summed E-state index contributed by atoms with van der Waals surface area (Å²) in [5.74, 6) is -0.438. The Morgan fingerprint density at radius 3 is 2.57 bits per heavy atom.